The lowest BCUT2D eigenvalue weighted by molar-refractivity contribution is -0.136. The Hall–Kier alpha value is -0.870. The van der Waals surface area contributed by atoms with E-state index in [9.17, 15) is 13.2 Å². The Labute approximate surface area is 92.4 Å². The van der Waals surface area contributed by atoms with Gasteiger partial charge in [-0.25, -0.2) is 0 Å². The van der Waals surface area contributed by atoms with Gasteiger partial charge in [0.1, 0.15) is 17.4 Å². The molecule has 15 heavy (non-hydrogen) atoms. The van der Waals surface area contributed by atoms with Crippen molar-refractivity contribution in [3.8, 4) is 0 Å². The summed E-state index contributed by atoms with van der Waals surface area (Å²) in [7, 11) is 0. The SMILES string of the molecule is FC(F)(F)c1coc2cc(Cl)c(Cl)cc12. The van der Waals surface area contributed by atoms with Gasteiger partial charge >= 0.3 is 6.18 Å². The van der Waals surface area contributed by atoms with Gasteiger partial charge in [-0.05, 0) is 6.07 Å². The van der Waals surface area contributed by atoms with Crippen molar-refractivity contribution in [2.24, 2.45) is 0 Å². The number of halogens is 5. The highest BCUT2D eigenvalue weighted by molar-refractivity contribution is 6.42. The summed E-state index contributed by atoms with van der Waals surface area (Å²) in [5.74, 6) is 0. The smallest absolute Gasteiger partial charge is 0.420 e. The number of alkyl halides is 3. The number of hydrogen-bond acceptors (Lipinski definition) is 1. The molecule has 0 N–H and O–H groups in total. The van der Waals surface area contributed by atoms with Crippen LogP contribution in [0.3, 0.4) is 0 Å². The molecule has 0 aliphatic heterocycles. The molecule has 2 rings (SSSR count). The molecule has 0 aliphatic rings. The van der Waals surface area contributed by atoms with Crippen molar-refractivity contribution in [2.75, 3.05) is 0 Å². The van der Waals surface area contributed by atoms with E-state index in [-0.39, 0.29) is 21.0 Å². The minimum Gasteiger partial charge on any atom is -0.464 e. The first-order valence-electron chi connectivity index (χ1n) is 3.83. The third-order valence-electron chi connectivity index (χ3n) is 1.92. The molecule has 0 atom stereocenters. The van der Waals surface area contributed by atoms with E-state index in [0.717, 1.165) is 6.07 Å². The maximum Gasteiger partial charge on any atom is 0.420 e. The molecule has 0 fully saturated rings. The van der Waals surface area contributed by atoms with Crippen LogP contribution in [0.1, 0.15) is 5.56 Å². The highest BCUT2D eigenvalue weighted by Gasteiger charge is 2.34. The van der Waals surface area contributed by atoms with Crippen molar-refractivity contribution in [3.63, 3.8) is 0 Å². The Kier molecular flexibility index (Phi) is 2.35. The first kappa shape index (κ1) is 10.6. The van der Waals surface area contributed by atoms with Crippen LogP contribution in [0.15, 0.2) is 22.8 Å². The fourth-order valence-corrected chi connectivity index (χ4v) is 1.56. The molecule has 80 valence electrons. The highest BCUT2D eigenvalue weighted by Crippen LogP contribution is 2.38. The molecule has 0 radical (unpaired) electrons. The fraction of sp³-hybridized carbons (Fsp3) is 0.111. The molecule has 0 aliphatic carbocycles. The summed E-state index contributed by atoms with van der Waals surface area (Å²) in [6.45, 7) is 0. The lowest BCUT2D eigenvalue weighted by atomic mass is 10.2. The average molecular weight is 255 g/mol. The highest BCUT2D eigenvalue weighted by atomic mass is 35.5. The zero-order valence-corrected chi connectivity index (χ0v) is 8.54. The van der Waals surface area contributed by atoms with Crippen molar-refractivity contribution >= 4 is 34.2 Å². The minimum atomic E-state index is -4.46. The largest absolute Gasteiger partial charge is 0.464 e. The van der Waals surface area contributed by atoms with Gasteiger partial charge in [0.2, 0.25) is 0 Å². The third-order valence-corrected chi connectivity index (χ3v) is 2.64. The zero-order chi connectivity index (χ0) is 11.2. The summed E-state index contributed by atoms with van der Waals surface area (Å²) in [5.41, 5.74) is -0.784. The van der Waals surface area contributed by atoms with Crippen LogP contribution in [0, 0.1) is 0 Å². The maximum atomic E-state index is 12.4. The van der Waals surface area contributed by atoms with Gasteiger partial charge in [-0.15, -0.1) is 0 Å². The Balaban J connectivity index is 2.75. The first-order valence-corrected chi connectivity index (χ1v) is 4.58. The minimum absolute atomic E-state index is 0.0658. The van der Waals surface area contributed by atoms with Crippen molar-refractivity contribution in [1.82, 2.24) is 0 Å². The molecular weight excluding hydrogens is 252 g/mol. The summed E-state index contributed by atoms with van der Waals surface area (Å²) in [5, 5.41) is 0.139. The van der Waals surface area contributed by atoms with E-state index in [1.165, 1.54) is 6.07 Å². The van der Waals surface area contributed by atoms with Crippen LogP contribution in [0.2, 0.25) is 10.0 Å². The predicted molar refractivity (Wildman–Crippen MR) is 51.2 cm³/mol. The van der Waals surface area contributed by atoms with E-state index in [1.54, 1.807) is 0 Å². The normalized spacial score (nSPS) is 12.3. The van der Waals surface area contributed by atoms with Gasteiger partial charge in [-0.1, -0.05) is 23.2 Å². The standard InChI is InChI=1S/C9H3Cl2F3O/c10-6-1-4-5(9(12,13)14)3-15-8(4)2-7(6)11/h1-3H. The van der Waals surface area contributed by atoms with Crippen molar-refractivity contribution in [1.29, 1.82) is 0 Å². The van der Waals surface area contributed by atoms with Gasteiger partial charge in [0.25, 0.3) is 0 Å². The molecule has 1 heterocycles. The maximum absolute atomic E-state index is 12.4. The third kappa shape index (κ3) is 1.79. The van der Waals surface area contributed by atoms with Crippen LogP contribution in [0.25, 0.3) is 11.0 Å². The second-order valence-electron chi connectivity index (χ2n) is 2.91. The van der Waals surface area contributed by atoms with Crippen molar-refractivity contribution in [2.45, 2.75) is 6.18 Å². The summed E-state index contributed by atoms with van der Waals surface area (Å²) in [6, 6.07) is 2.40. The molecule has 0 amide bonds. The lowest BCUT2D eigenvalue weighted by Gasteiger charge is -2.03. The quantitative estimate of drug-likeness (QED) is 0.661. The summed E-state index contributed by atoms with van der Waals surface area (Å²) in [6.07, 6.45) is -3.81. The number of furan rings is 1. The van der Waals surface area contributed by atoms with Gasteiger partial charge in [-0.3, -0.25) is 0 Å². The summed E-state index contributed by atoms with van der Waals surface area (Å²) in [4.78, 5) is 0. The van der Waals surface area contributed by atoms with Crippen LogP contribution in [0.4, 0.5) is 13.2 Å². The number of fused-ring (bicyclic) bond motifs is 1. The lowest BCUT2D eigenvalue weighted by Crippen LogP contribution is -2.03. The van der Waals surface area contributed by atoms with Gasteiger partial charge in [0.15, 0.2) is 0 Å². The summed E-state index contributed by atoms with van der Waals surface area (Å²) < 4.78 is 42.1. The second-order valence-corrected chi connectivity index (χ2v) is 3.72. The Morgan fingerprint density at radius 1 is 1.07 bits per heavy atom. The molecule has 0 spiro atoms. The first-order chi connectivity index (χ1) is 6.89. The monoisotopic (exact) mass is 254 g/mol. The molecule has 0 saturated carbocycles. The molecule has 0 bridgehead atoms. The van der Waals surface area contributed by atoms with Crippen molar-refractivity contribution in [3.05, 3.63) is 34.0 Å². The van der Waals surface area contributed by atoms with Crippen LogP contribution in [-0.4, -0.2) is 0 Å². The molecule has 2 aromatic rings. The van der Waals surface area contributed by atoms with E-state index in [2.05, 4.69) is 0 Å². The predicted octanol–water partition coefficient (Wildman–Crippen LogP) is 4.76. The van der Waals surface area contributed by atoms with E-state index in [0.29, 0.717) is 6.26 Å². The van der Waals surface area contributed by atoms with Gasteiger partial charge in [0.05, 0.1) is 10.0 Å². The van der Waals surface area contributed by atoms with Crippen LogP contribution < -0.4 is 0 Å². The Morgan fingerprint density at radius 3 is 2.27 bits per heavy atom. The molecule has 1 aromatic carbocycles. The van der Waals surface area contributed by atoms with Crippen molar-refractivity contribution < 1.29 is 17.6 Å². The molecule has 0 saturated heterocycles. The van der Waals surface area contributed by atoms with Crippen LogP contribution in [-0.2, 0) is 6.18 Å². The summed E-state index contributed by atoms with van der Waals surface area (Å²) >= 11 is 11.3. The van der Waals surface area contributed by atoms with E-state index < -0.39 is 11.7 Å². The van der Waals surface area contributed by atoms with E-state index >= 15 is 0 Å². The van der Waals surface area contributed by atoms with Crippen LogP contribution in [0.5, 0.6) is 0 Å². The number of hydrogen-bond donors (Lipinski definition) is 0. The fourth-order valence-electron chi connectivity index (χ4n) is 1.24. The Bertz CT molecular complexity index is 516. The number of benzene rings is 1. The van der Waals surface area contributed by atoms with E-state index in [1.807, 2.05) is 0 Å². The average Bonchev–Trinajstić information content (AvgIpc) is 2.47. The molecular formula is C9H3Cl2F3O. The zero-order valence-electron chi connectivity index (χ0n) is 7.03. The van der Waals surface area contributed by atoms with Gasteiger partial charge < -0.3 is 4.42 Å². The Morgan fingerprint density at radius 2 is 1.67 bits per heavy atom. The second kappa shape index (κ2) is 3.32. The topological polar surface area (TPSA) is 13.1 Å². The molecule has 1 aromatic heterocycles. The van der Waals surface area contributed by atoms with Gasteiger partial charge in [-0.2, -0.15) is 13.2 Å². The van der Waals surface area contributed by atoms with Gasteiger partial charge in [0, 0.05) is 11.5 Å². The van der Waals surface area contributed by atoms with E-state index in [4.69, 9.17) is 27.6 Å². The van der Waals surface area contributed by atoms with Crippen LogP contribution >= 0.6 is 23.2 Å². The molecule has 1 nitrogen and oxygen atoms in total. The number of rotatable bonds is 0. The molecule has 0 unspecified atom stereocenters. The molecule has 6 heteroatoms.